The van der Waals surface area contributed by atoms with Gasteiger partial charge in [0.25, 0.3) is 0 Å². The van der Waals surface area contributed by atoms with Crippen LogP contribution in [0.25, 0.3) is 6.08 Å². The molecular weight excluding hydrogens is 548 g/mol. The second-order valence-electron chi connectivity index (χ2n) is 9.05. The maximum atomic E-state index is 14.7. The van der Waals surface area contributed by atoms with Crippen LogP contribution in [0, 0.1) is 11.3 Å². The number of nitrogens with zero attached hydrogens (tertiary/aromatic N) is 1. The van der Waals surface area contributed by atoms with Crippen molar-refractivity contribution in [2.75, 3.05) is 31.3 Å². The Morgan fingerprint density at radius 1 is 0.833 bits per heavy atom. The molecule has 0 aliphatic heterocycles. The molecule has 0 aliphatic rings. The van der Waals surface area contributed by atoms with Gasteiger partial charge >= 0.3 is 18.0 Å². The fourth-order valence-electron chi connectivity index (χ4n) is 3.64. The van der Waals surface area contributed by atoms with Crippen molar-refractivity contribution in [2.45, 2.75) is 31.8 Å². The first-order valence-corrected chi connectivity index (χ1v) is 13.1. The molecule has 220 valence electrons. The number of nitrogens with two attached hydrogens (primary N) is 2. The number of carbonyl (C=O) groups excluding carboxylic acids is 2. The van der Waals surface area contributed by atoms with E-state index < -0.39 is 18.0 Å². The largest absolute Gasteiger partial charge is 0.494 e. The topological polar surface area (TPSA) is 147 Å². The predicted octanol–water partition coefficient (Wildman–Crippen LogP) is 5.86. The molecule has 0 unspecified atom stereocenters. The fourth-order valence-corrected chi connectivity index (χ4v) is 3.64. The molecule has 0 aromatic heterocycles. The SMILES string of the molecule is N#CCCCCCOc1ccc(C(F)(F)Oc2ccc(/C=C/C(=O)OCCOC(=O)c3cc(N)cc(N)c3)cc2)cc1. The number of halogens is 2. The summed E-state index contributed by atoms with van der Waals surface area (Å²) >= 11 is 0. The average molecular weight is 580 g/mol. The summed E-state index contributed by atoms with van der Waals surface area (Å²) in [5.74, 6) is -0.942. The van der Waals surface area contributed by atoms with Crippen molar-refractivity contribution in [2.24, 2.45) is 0 Å². The number of rotatable bonds is 15. The van der Waals surface area contributed by atoms with Crippen molar-refractivity contribution < 1.29 is 37.3 Å². The lowest BCUT2D eigenvalue weighted by Crippen LogP contribution is -2.21. The van der Waals surface area contributed by atoms with E-state index >= 15 is 0 Å². The van der Waals surface area contributed by atoms with Crippen molar-refractivity contribution in [1.29, 1.82) is 5.26 Å². The maximum absolute atomic E-state index is 14.7. The molecule has 0 atom stereocenters. The molecule has 0 amide bonds. The number of nitrogen functional groups attached to an aromatic ring is 2. The Bertz CT molecular complexity index is 1380. The van der Waals surface area contributed by atoms with Gasteiger partial charge in [0.1, 0.15) is 24.7 Å². The van der Waals surface area contributed by atoms with Crippen molar-refractivity contribution in [3.05, 3.63) is 89.5 Å². The first kappa shape index (κ1) is 31.4. The fraction of sp³-hybridized carbons (Fsp3) is 0.258. The Morgan fingerprint density at radius 3 is 2.14 bits per heavy atom. The van der Waals surface area contributed by atoms with Crippen LogP contribution in [0.1, 0.15) is 47.2 Å². The summed E-state index contributed by atoms with van der Waals surface area (Å²) in [5, 5.41) is 8.53. The summed E-state index contributed by atoms with van der Waals surface area (Å²) in [5.41, 5.74) is 12.3. The second-order valence-corrected chi connectivity index (χ2v) is 9.05. The molecule has 0 radical (unpaired) electrons. The van der Waals surface area contributed by atoms with Crippen molar-refractivity contribution >= 4 is 29.4 Å². The minimum absolute atomic E-state index is 0.0684. The number of carbonyl (C=O) groups is 2. The molecular formula is C31H31F2N3O6. The molecule has 42 heavy (non-hydrogen) atoms. The highest BCUT2D eigenvalue weighted by molar-refractivity contribution is 5.91. The van der Waals surface area contributed by atoms with Gasteiger partial charge < -0.3 is 30.4 Å². The number of unbranched alkanes of at least 4 members (excludes halogenated alkanes) is 3. The van der Waals surface area contributed by atoms with E-state index in [1.54, 1.807) is 0 Å². The van der Waals surface area contributed by atoms with Gasteiger partial charge in [-0.25, -0.2) is 9.59 Å². The Labute approximate surface area is 242 Å². The molecule has 3 aromatic rings. The zero-order valence-electron chi connectivity index (χ0n) is 22.8. The summed E-state index contributed by atoms with van der Waals surface area (Å²) in [6.45, 7) is 0.0885. The number of nitriles is 1. The van der Waals surface area contributed by atoms with E-state index in [0.29, 0.717) is 35.7 Å². The first-order chi connectivity index (χ1) is 20.2. The van der Waals surface area contributed by atoms with Crippen LogP contribution < -0.4 is 20.9 Å². The van der Waals surface area contributed by atoms with Gasteiger partial charge in [-0.1, -0.05) is 12.1 Å². The van der Waals surface area contributed by atoms with Gasteiger partial charge in [0, 0.05) is 23.9 Å². The van der Waals surface area contributed by atoms with Crippen molar-refractivity contribution in [1.82, 2.24) is 0 Å². The van der Waals surface area contributed by atoms with Gasteiger partial charge in [0.2, 0.25) is 0 Å². The molecule has 0 spiro atoms. The van der Waals surface area contributed by atoms with Crippen LogP contribution in [-0.4, -0.2) is 31.8 Å². The molecule has 0 saturated carbocycles. The molecule has 4 N–H and O–H groups in total. The molecule has 0 heterocycles. The summed E-state index contributed by atoms with van der Waals surface area (Å²) < 4.78 is 49.8. The molecule has 0 fully saturated rings. The van der Waals surface area contributed by atoms with Crippen molar-refractivity contribution in [3.63, 3.8) is 0 Å². The highest BCUT2D eigenvalue weighted by Crippen LogP contribution is 2.32. The Kier molecular flexibility index (Phi) is 11.7. The molecule has 3 rings (SSSR count). The van der Waals surface area contributed by atoms with E-state index in [2.05, 4.69) is 6.07 Å². The third-order valence-corrected chi connectivity index (χ3v) is 5.70. The van der Waals surface area contributed by atoms with Crippen LogP contribution in [0.15, 0.2) is 72.8 Å². The molecule has 9 nitrogen and oxygen atoms in total. The first-order valence-electron chi connectivity index (χ1n) is 13.1. The average Bonchev–Trinajstić information content (AvgIpc) is 2.96. The summed E-state index contributed by atoms with van der Waals surface area (Å²) in [6, 6.07) is 17.5. The van der Waals surface area contributed by atoms with E-state index in [1.807, 2.05) is 0 Å². The molecule has 0 aliphatic carbocycles. The lowest BCUT2D eigenvalue weighted by Gasteiger charge is -2.18. The normalized spacial score (nSPS) is 11.1. The second kappa shape index (κ2) is 15.6. The number of esters is 2. The highest BCUT2D eigenvalue weighted by Gasteiger charge is 2.34. The zero-order valence-corrected chi connectivity index (χ0v) is 22.8. The van der Waals surface area contributed by atoms with E-state index in [-0.39, 0.29) is 30.1 Å². The number of alkyl halides is 2. The monoisotopic (exact) mass is 579 g/mol. The number of hydrogen-bond acceptors (Lipinski definition) is 9. The van der Waals surface area contributed by atoms with E-state index in [0.717, 1.165) is 25.3 Å². The van der Waals surface area contributed by atoms with Crippen LogP contribution in [0.2, 0.25) is 0 Å². The smallest absolute Gasteiger partial charge is 0.426 e. The summed E-state index contributed by atoms with van der Waals surface area (Å²) in [4.78, 5) is 24.0. The third-order valence-electron chi connectivity index (χ3n) is 5.70. The predicted molar refractivity (Wildman–Crippen MR) is 153 cm³/mol. The summed E-state index contributed by atoms with van der Waals surface area (Å²) in [6.07, 6.45) is 1.95. The lowest BCUT2D eigenvalue weighted by molar-refractivity contribution is -0.185. The Balaban J connectivity index is 1.40. The van der Waals surface area contributed by atoms with Crippen LogP contribution >= 0.6 is 0 Å². The molecule has 0 bridgehead atoms. The Morgan fingerprint density at radius 2 is 1.48 bits per heavy atom. The number of benzene rings is 3. The molecule has 11 heteroatoms. The highest BCUT2D eigenvalue weighted by atomic mass is 19.3. The van der Waals surface area contributed by atoms with Crippen LogP contribution in [0.4, 0.5) is 20.2 Å². The quantitative estimate of drug-likeness (QED) is 0.0978. The van der Waals surface area contributed by atoms with Crippen molar-refractivity contribution in [3.8, 4) is 17.6 Å². The standard InChI is InChI=1S/C31H31F2N3O6/c32-31(33,24-8-12-27(13-9-24)39-16-4-2-1-3-15-34)42-28-10-5-22(6-11-28)7-14-29(37)40-17-18-41-30(38)23-19-25(35)21-26(36)20-23/h5-14,19-21H,1-4,16-18,35-36H2/b14-7+. The zero-order chi connectivity index (χ0) is 30.4. The minimum Gasteiger partial charge on any atom is -0.494 e. The van der Waals surface area contributed by atoms with Gasteiger partial charge in [-0.3, -0.25) is 0 Å². The van der Waals surface area contributed by atoms with Gasteiger partial charge in [-0.2, -0.15) is 14.0 Å². The van der Waals surface area contributed by atoms with E-state index in [1.165, 1.54) is 72.8 Å². The summed E-state index contributed by atoms with van der Waals surface area (Å²) in [7, 11) is 0. The van der Waals surface area contributed by atoms with Gasteiger partial charge in [-0.15, -0.1) is 0 Å². The Hall–Kier alpha value is -5.11. The third kappa shape index (κ3) is 10.5. The number of anilines is 2. The lowest BCUT2D eigenvalue weighted by atomic mass is 10.2. The minimum atomic E-state index is -3.58. The maximum Gasteiger partial charge on any atom is 0.426 e. The number of ether oxygens (including phenoxy) is 4. The van der Waals surface area contributed by atoms with Gasteiger partial charge in [0.15, 0.2) is 0 Å². The van der Waals surface area contributed by atoms with Crippen LogP contribution in [-0.2, 0) is 20.4 Å². The van der Waals surface area contributed by atoms with Gasteiger partial charge in [0.05, 0.1) is 23.8 Å². The number of hydrogen-bond donors (Lipinski definition) is 2. The molecule has 0 saturated heterocycles. The van der Waals surface area contributed by atoms with Crippen LogP contribution in [0.5, 0.6) is 11.5 Å². The van der Waals surface area contributed by atoms with Gasteiger partial charge in [-0.05, 0) is 85.5 Å². The molecule has 3 aromatic carbocycles. The van der Waals surface area contributed by atoms with E-state index in [9.17, 15) is 18.4 Å². The van der Waals surface area contributed by atoms with E-state index in [4.69, 9.17) is 35.7 Å². The van der Waals surface area contributed by atoms with Crippen LogP contribution in [0.3, 0.4) is 0 Å².